The molecule has 0 radical (unpaired) electrons. The molecule has 35 heavy (non-hydrogen) atoms. The molecule has 2 aliphatic carbocycles. The third kappa shape index (κ3) is 4.51. The second-order valence-electron chi connectivity index (χ2n) is 10.7. The highest BCUT2D eigenvalue weighted by atomic mass is 16.2. The Morgan fingerprint density at radius 2 is 1.86 bits per heavy atom. The number of rotatable bonds is 7. The number of hydrogen-bond donors (Lipinski definition) is 1. The Labute approximate surface area is 207 Å². The molecule has 1 aromatic carbocycles. The van der Waals surface area contributed by atoms with Gasteiger partial charge in [0, 0.05) is 24.8 Å². The molecule has 8 nitrogen and oxygen atoms in total. The van der Waals surface area contributed by atoms with Gasteiger partial charge in [0.2, 0.25) is 5.91 Å². The smallest absolute Gasteiger partial charge is 0.317 e. The number of amides is 3. The molecule has 186 valence electrons. The lowest BCUT2D eigenvalue weighted by molar-refractivity contribution is -0.116. The summed E-state index contributed by atoms with van der Waals surface area (Å²) in [5.41, 5.74) is 1.10. The zero-order valence-electron chi connectivity index (χ0n) is 20.8. The summed E-state index contributed by atoms with van der Waals surface area (Å²) in [6.07, 6.45) is 10.5. The Morgan fingerprint density at radius 1 is 1.11 bits per heavy atom. The number of benzene rings is 1. The van der Waals surface area contributed by atoms with Gasteiger partial charge in [0.25, 0.3) is 0 Å². The van der Waals surface area contributed by atoms with Crippen molar-refractivity contribution in [3.8, 4) is 0 Å². The quantitative estimate of drug-likeness (QED) is 0.659. The van der Waals surface area contributed by atoms with Crippen molar-refractivity contribution in [1.82, 2.24) is 24.7 Å². The van der Waals surface area contributed by atoms with E-state index in [0.29, 0.717) is 18.3 Å². The van der Waals surface area contributed by atoms with Crippen LogP contribution in [-0.4, -0.2) is 75.9 Å². The van der Waals surface area contributed by atoms with Crippen molar-refractivity contribution in [3.63, 3.8) is 0 Å². The molecule has 3 fully saturated rings. The zero-order valence-corrected chi connectivity index (χ0v) is 20.8. The molecule has 1 N–H and O–H groups in total. The minimum Gasteiger partial charge on any atom is -0.317 e. The fourth-order valence-electron chi connectivity index (χ4n) is 6.23. The third-order valence-electron chi connectivity index (χ3n) is 8.58. The highest BCUT2D eigenvalue weighted by Gasteiger charge is 2.55. The van der Waals surface area contributed by atoms with Crippen LogP contribution in [0.15, 0.2) is 48.9 Å². The number of urea groups is 1. The lowest BCUT2D eigenvalue weighted by Gasteiger charge is -2.51. The summed E-state index contributed by atoms with van der Waals surface area (Å²) in [5.74, 6) is 0.815. The fraction of sp³-hybridized carbons (Fsp3) is 0.556. The molecule has 2 saturated carbocycles. The summed E-state index contributed by atoms with van der Waals surface area (Å²) in [6.45, 7) is 1.46. The molecule has 1 aliphatic heterocycles. The van der Waals surface area contributed by atoms with Crippen molar-refractivity contribution in [2.24, 2.45) is 5.92 Å². The van der Waals surface area contributed by atoms with E-state index in [0.717, 1.165) is 32.2 Å². The summed E-state index contributed by atoms with van der Waals surface area (Å²) in [5, 5.41) is 2.80. The van der Waals surface area contributed by atoms with Gasteiger partial charge in [-0.05, 0) is 70.2 Å². The standard InChI is InChI=1S/C27H36N6O2/c1-31(2)27(22-9-4-3-5-10-22)14-12-26(13-15-27)19-32(25(35)33(26)17-21-7-6-8-21)18-24(34)30-23-11-16-28-20-29-23/h3-5,9-11,16,20-21H,6-8,12-15,17-19H2,1-2H3,(H,28,29,30,34). The first-order valence-electron chi connectivity index (χ1n) is 12.8. The van der Waals surface area contributed by atoms with Crippen LogP contribution in [0.3, 0.4) is 0 Å². The minimum atomic E-state index is -0.222. The molecule has 0 bridgehead atoms. The predicted molar refractivity (Wildman–Crippen MR) is 135 cm³/mol. The monoisotopic (exact) mass is 476 g/mol. The van der Waals surface area contributed by atoms with Crippen molar-refractivity contribution in [3.05, 3.63) is 54.5 Å². The number of carbonyl (C=O) groups excluding carboxylic acids is 2. The molecule has 2 aromatic rings. The molecular weight excluding hydrogens is 440 g/mol. The van der Waals surface area contributed by atoms with Gasteiger partial charge >= 0.3 is 6.03 Å². The highest BCUT2D eigenvalue weighted by molar-refractivity contribution is 5.94. The second kappa shape index (κ2) is 9.57. The lowest BCUT2D eigenvalue weighted by Crippen LogP contribution is -2.56. The molecule has 8 heteroatoms. The average Bonchev–Trinajstić information content (AvgIpc) is 3.08. The molecule has 3 amide bonds. The third-order valence-corrected chi connectivity index (χ3v) is 8.58. The normalized spacial score (nSPS) is 26.9. The number of nitrogens with zero attached hydrogens (tertiary/aromatic N) is 5. The van der Waals surface area contributed by atoms with Gasteiger partial charge in [0.15, 0.2) is 0 Å². The van der Waals surface area contributed by atoms with Crippen molar-refractivity contribution in [1.29, 1.82) is 0 Å². The Morgan fingerprint density at radius 3 is 2.46 bits per heavy atom. The Hall–Kier alpha value is -3.00. The first-order valence-corrected chi connectivity index (χ1v) is 12.8. The van der Waals surface area contributed by atoms with Crippen LogP contribution in [0, 0.1) is 5.92 Å². The van der Waals surface area contributed by atoms with Crippen LogP contribution in [0.5, 0.6) is 0 Å². The molecule has 1 aromatic heterocycles. The summed E-state index contributed by atoms with van der Waals surface area (Å²) in [7, 11) is 4.33. The summed E-state index contributed by atoms with van der Waals surface area (Å²) in [6, 6.07) is 12.4. The van der Waals surface area contributed by atoms with E-state index in [1.165, 1.54) is 31.2 Å². The van der Waals surface area contributed by atoms with Crippen molar-refractivity contribution >= 4 is 17.8 Å². The van der Waals surface area contributed by atoms with Crippen molar-refractivity contribution in [2.45, 2.75) is 56.0 Å². The molecule has 0 unspecified atom stereocenters. The van der Waals surface area contributed by atoms with Gasteiger partial charge in [-0.15, -0.1) is 0 Å². The maximum absolute atomic E-state index is 13.6. The van der Waals surface area contributed by atoms with Crippen LogP contribution in [-0.2, 0) is 10.3 Å². The Balaban J connectivity index is 1.34. The molecule has 1 spiro atoms. The topological polar surface area (TPSA) is 81.7 Å². The molecule has 5 rings (SSSR count). The largest absolute Gasteiger partial charge is 0.321 e. The minimum absolute atomic E-state index is 0.00630. The van der Waals surface area contributed by atoms with Gasteiger partial charge < -0.3 is 15.1 Å². The maximum Gasteiger partial charge on any atom is 0.321 e. The van der Waals surface area contributed by atoms with Crippen molar-refractivity contribution < 1.29 is 9.59 Å². The number of carbonyl (C=O) groups is 2. The molecule has 0 atom stereocenters. The summed E-state index contributed by atoms with van der Waals surface area (Å²) >= 11 is 0. The van der Waals surface area contributed by atoms with Crippen LogP contribution in [0.1, 0.15) is 50.5 Å². The van der Waals surface area contributed by atoms with E-state index in [2.05, 4.69) is 69.5 Å². The number of aromatic nitrogens is 2. The van der Waals surface area contributed by atoms with E-state index in [-0.39, 0.29) is 29.6 Å². The van der Waals surface area contributed by atoms with E-state index >= 15 is 0 Å². The highest BCUT2D eigenvalue weighted by Crippen LogP contribution is 2.49. The Kier molecular flexibility index (Phi) is 6.49. The number of nitrogens with one attached hydrogen (secondary N) is 1. The van der Waals surface area contributed by atoms with Gasteiger partial charge in [-0.25, -0.2) is 14.8 Å². The van der Waals surface area contributed by atoms with Crippen LogP contribution in [0.2, 0.25) is 0 Å². The summed E-state index contributed by atoms with van der Waals surface area (Å²) < 4.78 is 0. The maximum atomic E-state index is 13.6. The van der Waals surface area contributed by atoms with Gasteiger partial charge in [-0.1, -0.05) is 36.8 Å². The van der Waals surface area contributed by atoms with E-state index in [1.807, 2.05) is 0 Å². The van der Waals surface area contributed by atoms with E-state index in [4.69, 9.17) is 0 Å². The molecule has 3 aliphatic rings. The van der Waals surface area contributed by atoms with E-state index in [1.54, 1.807) is 17.2 Å². The van der Waals surface area contributed by atoms with Crippen molar-refractivity contribution in [2.75, 3.05) is 39.0 Å². The van der Waals surface area contributed by atoms with Gasteiger partial charge in [0.05, 0.1) is 5.54 Å². The lowest BCUT2D eigenvalue weighted by atomic mass is 9.68. The number of hydrogen-bond acceptors (Lipinski definition) is 5. The first kappa shape index (κ1) is 23.7. The van der Waals surface area contributed by atoms with Gasteiger partial charge in [-0.2, -0.15) is 0 Å². The van der Waals surface area contributed by atoms with E-state index < -0.39 is 0 Å². The molecule has 2 heterocycles. The second-order valence-corrected chi connectivity index (χ2v) is 10.7. The fourth-order valence-corrected chi connectivity index (χ4v) is 6.23. The zero-order chi connectivity index (χ0) is 24.5. The van der Waals surface area contributed by atoms with Crippen LogP contribution >= 0.6 is 0 Å². The predicted octanol–water partition coefficient (Wildman–Crippen LogP) is 3.72. The van der Waals surface area contributed by atoms with E-state index in [9.17, 15) is 9.59 Å². The Bertz CT molecular complexity index is 1030. The average molecular weight is 477 g/mol. The molecule has 1 saturated heterocycles. The summed E-state index contributed by atoms with van der Waals surface area (Å²) in [4.78, 5) is 40.6. The van der Waals surface area contributed by atoms with Gasteiger partial charge in [0.1, 0.15) is 18.7 Å². The van der Waals surface area contributed by atoms with Crippen LogP contribution < -0.4 is 5.32 Å². The van der Waals surface area contributed by atoms with Crippen LogP contribution in [0.4, 0.5) is 10.6 Å². The first-order chi connectivity index (χ1) is 16.9. The SMILES string of the molecule is CN(C)C1(c2ccccc2)CCC2(CC1)CN(CC(=O)Nc1ccncn1)C(=O)N2CC1CCC1. The number of anilines is 1. The van der Waals surface area contributed by atoms with Crippen LogP contribution in [0.25, 0.3) is 0 Å². The van der Waals surface area contributed by atoms with Gasteiger partial charge in [-0.3, -0.25) is 9.69 Å². The molecular formula is C27H36N6O2.